The average Bonchev–Trinajstić information content (AvgIpc) is 2.96. The Morgan fingerprint density at radius 2 is 1.96 bits per heavy atom. The van der Waals surface area contributed by atoms with Crippen molar-refractivity contribution in [2.24, 2.45) is 5.10 Å². The van der Waals surface area contributed by atoms with E-state index in [4.69, 9.17) is 0 Å². The minimum absolute atomic E-state index is 0.00840. The number of anilines is 1. The van der Waals surface area contributed by atoms with Gasteiger partial charge in [-0.3, -0.25) is 9.59 Å². The van der Waals surface area contributed by atoms with Gasteiger partial charge in [-0.15, -0.1) is 0 Å². The second-order valence-corrected chi connectivity index (χ2v) is 8.43. The fourth-order valence-corrected chi connectivity index (χ4v) is 4.60. The fraction of sp³-hybridized carbons (Fsp3) is 0.438. The van der Waals surface area contributed by atoms with Crippen molar-refractivity contribution >= 4 is 33.1 Å². The largest absolute Gasteiger partial charge is 0.435 e. The highest BCUT2D eigenvalue weighted by Crippen LogP contribution is 2.23. The highest BCUT2D eigenvalue weighted by atomic mass is 32.2. The van der Waals surface area contributed by atoms with E-state index in [1.165, 1.54) is 24.3 Å². The molecule has 146 valence electrons. The van der Waals surface area contributed by atoms with E-state index in [-0.39, 0.29) is 48.1 Å². The van der Waals surface area contributed by atoms with Gasteiger partial charge in [0.2, 0.25) is 5.91 Å². The highest BCUT2D eigenvalue weighted by Gasteiger charge is 2.37. The van der Waals surface area contributed by atoms with Crippen LogP contribution in [0.1, 0.15) is 19.3 Å². The second-order valence-electron chi connectivity index (χ2n) is 6.20. The summed E-state index contributed by atoms with van der Waals surface area (Å²) in [5.41, 5.74) is 0.447. The van der Waals surface area contributed by atoms with Crippen LogP contribution in [0.25, 0.3) is 0 Å². The van der Waals surface area contributed by atoms with E-state index in [2.05, 4.69) is 15.2 Å². The van der Waals surface area contributed by atoms with Crippen molar-refractivity contribution in [2.45, 2.75) is 31.9 Å². The van der Waals surface area contributed by atoms with Crippen LogP contribution >= 0.6 is 0 Å². The molecule has 0 aliphatic carbocycles. The monoisotopic (exact) mass is 401 g/mol. The Balaban J connectivity index is 1.68. The molecule has 0 radical (unpaired) electrons. The number of benzene rings is 1. The van der Waals surface area contributed by atoms with Gasteiger partial charge in [-0.25, -0.2) is 13.4 Å². The molecule has 2 amide bonds. The summed E-state index contributed by atoms with van der Waals surface area (Å²) in [6.07, 6.45) is 0.481. The van der Waals surface area contributed by atoms with E-state index >= 15 is 0 Å². The van der Waals surface area contributed by atoms with Crippen LogP contribution in [0.5, 0.6) is 5.75 Å². The molecule has 2 aliphatic heterocycles. The molecular formula is C16H17F2N3O5S. The van der Waals surface area contributed by atoms with Gasteiger partial charge in [0, 0.05) is 18.5 Å². The molecule has 1 atom stereocenters. The Bertz CT molecular complexity index is 871. The first kappa shape index (κ1) is 19.2. The molecule has 1 fully saturated rings. The third-order valence-corrected chi connectivity index (χ3v) is 5.96. The first-order valence-corrected chi connectivity index (χ1v) is 10.0. The molecule has 11 heteroatoms. The van der Waals surface area contributed by atoms with Crippen molar-refractivity contribution in [1.82, 2.24) is 5.01 Å². The molecule has 1 aromatic carbocycles. The molecule has 0 aromatic heterocycles. The van der Waals surface area contributed by atoms with Gasteiger partial charge in [-0.2, -0.15) is 13.9 Å². The van der Waals surface area contributed by atoms with Crippen molar-refractivity contribution in [1.29, 1.82) is 0 Å². The summed E-state index contributed by atoms with van der Waals surface area (Å²) in [5.74, 6) is -1.08. The molecule has 2 heterocycles. The molecule has 1 saturated heterocycles. The zero-order valence-corrected chi connectivity index (χ0v) is 14.9. The predicted octanol–water partition coefficient (Wildman–Crippen LogP) is 1.39. The molecule has 2 aliphatic rings. The van der Waals surface area contributed by atoms with Crippen LogP contribution in [0.15, 0.2) is 29.4 Å². The number of hydrogen-bond donors (Lipinski definition) is 1. The number of nitrogens with one attached hydrogen (secondary N) is 1. The Hall–Kier alpha value is -2.56. The summed E-state index contributed by atoms with van der Waals surface area (Å²) in [6, 6.07) is 4.79. The molecule has 1 aromatic rings. The maximum Gasteiger partial charge on any atom is 0.387 e. The summed E-state index contributed by atoms with van der Waals surface area (Å²) >= 11 is 0. The van der Waals surface area contributed by atoms with E-state index in [1.54, 1.807) is 0 Å². The quantitative estimate of drug-likeness (QED) is 0.803. The SMILES string of the molecule is O=C(Nc1ccc(OC(F)F)cc1)C1=NN([C@H]2CCS(=O)(=O)C2)C(=O)CC1. The van der Waals surface area contributed by atoms with Crippen molar-refractivity contribution in [3.8, 4) is 5.75 Å². The number of rotatable bonds is 5. The van der Waals surface area contributed by atoms with Gasteiger partial charge in [0.05, 0.1) is 17.5 Å². The molecule has 0 saturated carbocycles. The lowest BCUT2D eigenvalue weighted by atomic mass is 10.1. The number of carbonyl (C=O) groups excluding carboxylic acids is 2. The van der Waals surface area contributed by atoms with Gasteiger partial charge >= 0.3 is 6.61 Å². The number of hydrazone groups is 1. The first-order chi connectivity index (χ1) is 12.7. The highest BCUT2D eigenvalue weighted by molar-refractivity contribution is 7.91. The van der Waals surface area contributed by atoms with Crippen molar-refractivity contribution in [3.63, 3.8) is 0 Å². The van der Waals surface area contributed by atoms with E-state index in [1.807, 2.05) is 0 Å². The van der Waals surface area contributed by atoms with Crippen LogP contribution in [-0.2, 0) is 19.4 Å². The lowest BCUT2D eigenvalue weighted by Crippen LogP contribution is -2.42. The minimum atomic E-state index is -3.20. The number of sulfone groups is 1. The van der Waals surface area contributed by atoms with E-state index in [0.717, 1.165) is 5.01 Å². The Kier molecular flexibility index (Phi) is 5.40. The van der Waals surface area contributed by atoms with E-state index in [9.17, 15) is 26.8 Å². The Labute approximate surface area is 154 Å². The number of amides is 2. The topological polar surface area (TPSA) is 105 Å². The number of nitrogens with zero attached hydrogens (tertiary/aromatic N) is 2. The number of carbonyl (C=O) groups is 2. The van der Waals surface area contributed by atoms with Crippen LogP contribution in [0.2, 0.25) is 0 Å². The number of hydrogen-bond acceptors (Lipinski definition) is 6. The van der Waals surface area contributed by atoms with Crippen molar-refractivity contribution in [2.75, 3.05) is 16.8 Å². The maximum absolute atomic E-state index is 12.4. The van der Waals surface area contributed by atoms with Crippen LogP contribution in [0.3, 0.4) is 0 Å². The summed E-state index contributed by atoms with van der Waals surface area (Å²) in [7, 11) is -3.20. The van der Waals surface area contributed by atoms with Gasteiger partial charge in [0.15, 0.2) is 9.84 Å². The second kappa shape index (κ2) is 7.59. The van der Waals surface area contributed by atoms with Gasteiger partial charge in [0.25, 0.3) is 5.91 Å². The van der Waals surface area contributed by atoms with E-state index < -0.39 is 28.4 Å². The summed E-state index contributed by atoms with van der Waals surface area (Å²) in [4.78, 5) is 24.4. The minimum Gasteiger partial charge on any atom is -0.435 e. The van der Waals surface area contributed by atoms with Crippen LogP contribution < -0.4 is 10.1 Å². The summed E-state index contributed by atoms with van der Waals surface area (Å²) in [6.45, 7) is -2.94. The van der Waals surface area contributed by atoms with Crippen LogP contribution in [0, 0.1) is 0 Å². The van der Waals surface area contributed by atoms with Gasteiger partial charge in [-0.05, 0) is 30.7 Å². The molecular weight excluding hydrogens is 384 g/mol. The van der Waals surface area contributed by atoms with Gasteiger partial charge < -0.3 is 10.1 Å². The standard InChI is InChI=1S/C16H17F2N3O5S/c17-16(18)26-12-3-1-10(2-4-12)19-15(23)13-5-6-14(22)21(20-13)11-7-8-27(24,25)9-11/h1-4,11,16H,5-9H2,(H,19,23)/t11-/m0/s1. The zero-order chi connectivity index (χ0) is 19.6. The third-order valence-electron chi connectivity index (χ3n) is 4.21. The smallest absolute Gasteiger partial charge is 0.387 e. The average molecular weight is 401 g/mol. The lowest BCUT2D eigenvalue weighted by molar-refractivity contribution is -0.133. The van der Waals surface area contributed by atoms with Crippen molar-refractivity contribution < 1.29 is 31.5 Å². The van der Waals surface area contributed by atoms with Crippen LogP contribution in [-0.4, -0.2) is 55.1 Å². The number of ether oxygens (including phenoxy) is 1. The summed E-state index contributed by atoms with van der Waals surface area (Å²) < 4.78 is 51.7. The van der Waals surface area contributed by atoms with Gasteiger partial charge in [0.1, 0.15) is 11.5 Å². The van der Waals surface area contributed by atoms with Crippen molar-refractivity contribution in [3.05, 3.63) is 24.3 Å². The van der Waals surface area contributed by atoms with E-state index in [0.29, 0.717) is 5.69 Å². The third kappa shape index (κ3) is 4.79. The first-order valence-electron chi connectivity index (χ1n) is 8.20. The fourth-order valence-electron chi connectivity index (χ4n) is 2.91. The molecule has 1 N–H and O–H groups in total. The molecule has 3 rings (SSSR count). The lowest BCUT2D eigenvalue weighted by Gasteiger charge is -2.27. The molecule has 27 heavy (non-hydrogen) atoms. The Morgan fingerprint density at radius 3 is 2.56 bits per heavy atom. The van der Waals surface area contributed by atoms with Crippen LogP contribution in [0.4, 0.5) is 14.5 Å². The maximum atomic E-state index is 12.4. The normalized spacial score (nSPS) is 21.9. The number of alkyl halides is 2. The molecule has 8 nitrogen and oxygen atoms in total. The Morgan fingerprint density at radius 1 is 1.26 bits per heavy atom. The number of halogens is 2. The molecule has 0 unspecified atom stereocenters. The predicted molar refractivity (Wildman–Crippen MR) is 92.3 cm³/mol. The molecule has 0 bridgehead atoms. The molecule has 0 spiro atoms. The van der Waals surface area contributed by atoms with Gasteiger partial charge in [-0.1, -0.05) is 0 Å². The summed E-state index contributed by atoms with van der Waals surface area (Å²) in [5, 5.41) is 7.73. The zero-order valence-electron chi connectivity index (χ0n) is 14.1.